The lowest BCUT2D eigenvalue weighted by molar-refractivity contribution is 0.318. The minimum absolute atomic E-state index is 0.0477. The molecular weight excluding hydrogens is 320 g/mol. The Kier molecular flexibility index (Phi) is 4.51. The van der Waals surface area contributed by atoms with Crippen LogP contribution in [0.15, 0.2) is 29.4 Å². The molecule has 0 saturated carbocycles. The fourth-order valence-corrected chi connectivity index (χ4v) is 2.48. The molecule has 3 rings (SSSR count). The average molecular weight is 340 g/mol. The van der Waals surface area contributed by atoms with E-state index in [-0.39, 0.29) is 5.75 Å². The van der Waals surface area contributed by atoms with E-state index in [2.05, 4.69) is 20.4 Å². The first-order valence-corrected chi connectivity index (χ1v) is 7.96. The largest absolute Gasteiger partial charge is 0.504 e. The topological polar surface area (TPSA) is 90.4 Å². The molecule has 0 aliphatic rings. The van der Waals surface area contributed by atoms with Crippen molar-refractivity contribution >= 4 is 6.21 Å². The van der Waals surface area contributed by atoms with Crippen LogP contribution in [-0.2, 0) is 0 Å². The van der Waals surface area contributed by atoms with Gasteiger partial charge in [-0.05, 0) is 45.9 Å². The molecule has 130 valence electrons. The van der Waals surface area contributed by atoms with Crippen LogP contribution in [0.4, 0.5) is 0 Å². The summed E-state index contributed by atoms with van der Waals surface area (Å²) >= 11 is 0. The SMILES string of the molecule is CCOc1cccc(/C=N\n2c(C)nnc2-n2nc(C)cc2C)c1O. The Morgan fingerprint density at radius 1 is 1.24 bits per heavy atom. The zero-order valence-electron chi connectivity index (χ0n) is 14.6. The highest BCUT2D eigenvalue weighted by Gasteiger charge is 2.14. The van der Waals surface area contributed by atoms with Crippen LogP contribution in [0, 0.1) is 20.8 Å². The fraction of sp³-hybridized carbons (Fsp3) is 0.294. The average Bonchev–Trinajstić information content (AvgIpc) is 3.10. The summed E-state index contributed by atoms with van der Waals surface area (Å²) in [5.74, 6) is 1.57. The predicted octanol–water partition coefficient (Wildman–Crippen LogP) is 2.38. The van der Waals surface area contributed by atoms with Crippen molar-refractivity contribution in [1.29, 1.82) is 0 Å². The van der Waals surface area contributed by atoms with E-state index in [1.54, 1.807) is 40.7 Å². The molecule has 0 saturated heterocycles. The summed E-state index contributed by atoms with van der Waals surface area (Å²) < 4.78 is 8.65. The van der Waals surface area contributed by atoms with Crippen LogP contribution in [0.5, 0.6) is 11.5 Å². The Morgan fingerprint density at radius 2 is 2.04 bits per heavy atom. The summed E-state index contributed by atoms with van der Waals surface area (Å²) in [4.78, 5) is 0. The summed E-state index contributed by atoms with van der Waals surface area (Å²) in [5, 5.41) is 27.3. The van der Waals surface area contributed by atoms with Crippen molar-refractivity contribution in [3.8, 4) is 17.4 Å². The van der Waals surface area contributed by atoms with Crippen LogP contribution in [0.3, 0.4) is 0 Å². The molecule has 0 aliphatic heterocycles. The van der Waals surface area contributed by atoms with E-state index in [1.807, 2.05) is 26.8 Å². The summed E-state index contributed by atoms with van der Waals surface area (Å²) in [7, 11) is 0. The van der Waals surface area contributed by atoms with Gasteiger partial charge in [0.2, 0.25) is 0 Å². The summed E-state index contributed by atoms with van der Waals surface area (Å²) in [6.07, 6.45) is 1.55. The van der Waals surface area contributed by atoms with Crippen molar-refractivity contribution in [3.05, 3.63) is 47.0 Å². The van der Waals surface area contributed by atoms with E-state index < -0.39 is 0 Å². The quantitative estimate of drug-likeness (QED) is 0.720. The van der Waals surface area contributed by atoms with Gasteiger partial charge in [0.05, 0.1) is 18.5 Å². The fourth-order valence-electron chi connectivity index (χ4n) is 2.48. The second kappa shape index (κ2) is 6.76. The van der Waals surface area contributed by atoms with Crippen molar-refractivity contribution in [2.24, 2.45) is 5.10 Å². The first kappa shape index (κ1) is 16.7. The third-order valence-electron chi connectivity index (χ3n) is 3.62. The molecule has 8 heteroatoms. The third-order valence-corrected chi connectivity index (χ3v) is 3.62. The zero-order chi connectivity index (χ0) is 18.0. The van der Waals surface area contributed by atoms with Gasteiger partial charge in [-0.2, -0.15) is 14.9 Å². The Balaban J connectivity index is 1.99. The molecule has 2 heterocycles. The third kappa shape index (κ3) is 3.23. The van der Waals surface area contributed by atoms with Crippen molar-refractivity contribution in [2.75, 3.05) is 6.61 Å². The van der Waals surface area contributed by atoms with Crippen LogP contribution in [0.2, 0.25) is 0 Å². The molecule has 8 nitrogen and oxygen atoms in total. The monoisotopic (exact) mass is 340 g/mol. The van der Waals surface area contributed by atoms with Gasteiger partial charge in [-0.3, -0.25) is 0 Å². The molecule has 0 fully saturated rings. The number of nitrogens with zero attached hydrogens (tertiary/aromatic N) is 6. The minimum atomic E-state index is 0.0477. The van der Waals surface area contributed by atoms with E-state index >= 15 is 0 Å². The van der Waals surface area contributed by atoms with E-state index in [0.717, 1.165) is 11.4 Å². The lowest BCUT2D eigenvalue weighted by Gasteiger charge is -2.07. The lowest BCUT2D eigenvalue weighted by Crippen LogP contribution is -2.08. The molecular formula is C17H20N6O2. The van der Waals surface area contributed by atoms with Gasteiger partial charge >= 0.3 is 0 Å². The maximum absolute atomic E-state index is 10.3. The second-order valence-electron chi connectivity index (χ2n) is 5.57. The molecule has 25 heavy (non-hydrogen) atoms. The first-order chi connectivity index (χ1) is 12.0. The van der Waals surface area contributed by atoms with Crippen molar-refractivity contribution in [3.63, 3.8) is 0 Å². The number of phenols is 1. The number of phenolic OH excluding ortho intramolecular Hbond substituents is 1. The molecule has 2 aromatic heterocycles. The first-order valence-electron chi connectivity index (χ1n) is 7.96. The number of aryl methyl sites for hydroxylation is 3. The summed E-state index contributed by atoms with van der Waals surface area (Å²) in [5.41, 5.74) is 2.36. The van der Waals surface area contributed by atoms with Gasteiger partial charge in [-0.15, -0.1) is 10.2 Å². The van der Waals surface area contributed by atoms with Gasteiger partial charge < -0.3 is 9.84 Å². The Bertz CT molecular complexity index is 925. The number of para-hydroxylation sites is 1. The number of benzene rings is 1. The molecule has 0 amide bonds. The minimum Gasteiger partial charge on any atom is -0.504 e. The number of ether oxygens (including phenoxy) is 1. The molecule has 0 aliphatic carbocycles. The van der Waals surface area contributed by atoms with Gasteiger partial charge in [-0.1, -0.05) is 6.07 Å². The Labute approximate surface area is 145 Å². The molecule has 0 unspecified atom stereocenters. The predicted molar refractivity (Wildman–Crippen MR) is 93.6 cm³/mol. The van der Waals surface area contributed by atoms with Crippen LogP contribution in [0.1, 0.15) is 29.7 Å². The summed E-state index contributed by atoms with van der Waals surface area (Å²) in [6, 6.07) is 7.22. The number of aromatic nitrogens is 5. The Hall–Kier alpha value is -3.16. The van der Waals surface area contributed by atoms with E-state index in [4.69, 9.17) is 4.74 Å². The second-order valence-corrected chi connectivity index (χ2v) is 5.57. The highest BCUT2D eigenvalue weighted by atomic mass is 16.5. The maximum atomic E-state index is 10.3. The van der Waals surface area contributed by atoms with Crippen LogP contribution >= 0.6 is 0 Å². The summed E-state index contributed by atoms with van der Waals surface area (Å²) in [6.45, 7) is 7.99. The molecule has 0 bridgehead atoms. The molecule has 0 spiro atoms. The standard InChI is InChI=1S/C17H20N6O2/c1-5-25-15-8-6-7-14(16(15)24)10-18-23-13(4)19-20-17(23)22-12(3)9-11(2)21-22/h6-10,24H,5H2,1-4H3/b18-10-. The number of aromatic hydroxyl groups is 1. The zero-order valence-corrected chi connectivity index (χ0v) is 14.6. The van der Waals surface area contributed by atoms with Crippen molar-refractivity contribution in [2.45, 2.75) is 27.7 Å². The van der Waals surface area contributed by atoms with E-state index in [0.29, 0.717) is 29.7 Å². The van der Waals surface area contributed by atoms with Crippen molar-refractivity contribution in [1.82, 2.24) is 24.7 Å². The van der Waals surface area contributed by atoms with Crippen LogP contribution in [0.25, 0.3) is 5.95 Å². The van der Waals surface area contributed by atoms with E-state index in [9.17, 15) is 5.11 Å². The van der Waals surface area contributed by atoms with Crippen LogP contribution < -0.4 is 4.74 Å². The molecule has 1 N–H and O–H groups in total. The number of hydrogen-bond acceptors (Lipinski definition) is 6. The molecule has 0 atom stereocenters. The van der Waals surface area contributed by atoms with Gasteiger partial charge in [-0.25, -0.2) is 4.68 Å². The van der Waals surface area contributed by atoms with Gasteiger partial charge in [0.15, 0.2) is 17.3 Å². The van der Waals surface area contributed by atoms with Crippen LogP contribution in [-0.4, -0.2) is 42.6 Å². The van der Waals surface area contributed by atoms with Crippen molar-refractivity contribution < 1.29 is 9.84 Å². The van der Waals surface area contributed by atoms with E-state index in [1.165, 1.54) is 0 Å². The number of hydrogen-bond donors (Lipinski definition) is 1. The Morgan fingerprint density at radius 3 is 2.72 bits per heavy atom. The number of rotatable bonds is 5. The highest BCUT2D eigenvalue weighted by Crippen LogP contribution is 2.28. The smallest absolute Gasteiger partial charge is 0.273 e. The molecule has 3 aromatic rings. The molecule has 0 radical (unpaired) electrons. The maximum Gasteiger partial charge on any atom is 0.273 e. The normalized spacial score (nSPS) is 11.4. The van der Waals surface area contributed by atoms with Gasteiger partial charge in [0.1, 0.15) is 0 Å². The lowest BCUT2D eigenvalue weighted by atomic mass is 10.2. The highest BCUT2D eigenvalue weighted by molar-refractivity contribution is 5.84. The van der Waals surface area contributed by atoms with Gasteiger partial charge in [0, 0.05) is 11.3 Å². The molecule has 1 aromatic carbocycles. The van der Waals surface area contributed by atoms with Gasteiger partial charge in [0.25, 0.3) is 5.95 Å².